The van der Waals surface area contributed by atoms with Crippen LogP contribution in [0.1, 0.15) is 29.8 Å². The van der Waals surface area contributed by atoms with Gasteiger partial charge in [0, 0.05) is 29.7 Å². The summed E-state index contributed by atoms with van der Waals surface area (Å²) in [6, 6.07) is 14.1. The molecule has 0 saturated carbocycles. The maximum atomic E-state index is 12.2. The molecule has 0 aliphatic heterocycles. The van der Waals surface area contributed by atoms with Gasteiger partial charge in [-0.1, -0.05) is 30.3 Å². The third-order valence-electron chi connectivity index (χ3n) is 4.95. The highest BCUT2D eigenvalue weighted by Crippen LogP contribution is 2.22. The van der Waals surface area contributed by atoms with Crippen LogP contribution >= 0.6 is 24.0 Å². The Morgan fingerprint density at radius 2 is 1.84 bits per heavy atom. The normalized spacial score (nSPS) is 12.5. The average Bonchev–Trinajstić information content (AvgIpc) is 3.07. The number of ether oxygens (including phenoxy) is 1. The summed E-state index contributed by atoms with van der Waals surface area (Å²) in [5.41, 5.74) is 4.13. The molecule has 1 heterocycles. The molecule has 3 aromatic rings. The van der Waals surface area contributed by atoms with Crippen molar-refractivity contribution < 1.29 is 18.6 Å². The van der Waals surface area contributed by atoms with E-state index in [1.807, 2.05) is 19.1 Å². The molecule has 174 valence electrons. The lowest BCUT2D eigenvalue weighted by atomic mass is 10.1. The summed E-state index contributed by atoms with van der Waals surface area (Å²) in [6.07, 6.45) is -0.0269. The smallest absolute Gasteiger partial charge is 0.387 e. The van der Waals surface area contributed by atoms with Gasteiger partial charge >= 0.3 is 6.61 Å². The van der Waals surface area contributed by atoms with Gasteiger partial charge in [-0.2, -0.15) is 8.78 Å². The fourth-order valence-corrected chi connectivity index (χ4v) is 3.46. The Kier molecular flexibility index (Phi) is 10.2. The predicted molar refractivity (Wildman–Crippen MR) is 134 cm³/mol. The maximum Gasteiger partial charge on any atom is 0.387 e. The monoisotopic (exact) mass is 558 g/mol. The van der Waals surface area contributed by atoms with Crippen molar-refractivity contribution in [3.05, 3.63) is 65.4 Å². The Balaban J connectivity index is 0.00000363. The van der Waals surface area contributed by atoms with Gasteiger partial charge in [0.05, 0.1) is 12.6 Å². The van der Waals surface area contributed by atoms with Crippen molar-refractivity contribution in [2.45, 2.75) is 33.0 Å². The molecule has 1 atom stereocenters. The molecule has 0 amide bonds. The summed E-state index contributed by atoms with van der Waals surface area (Å²) >= 11 is 0. The minimum absolute atomic E-state index is 0. The van der Waals surface area contributed by atoms with Crippen molar-refractivity contribution in [1.82, 2.24) is 15.6 Å². The van der Waals surface area contributed by atoms with Crippen molar-refractivity contribution in [1.29, 1.82) is 0 Å². The van der Waals surface area contributed by atoms with E-state index in [0.717, 1.165) is 17.6 Å². The zero-order chi connectivity index (χ0) is 22.2. The highest BCUT2D eigenvalue weighted by Gasteiger charge is 2.11. The molecule has 9 heteroatoms. The first kappa shape index (κ1) is 25.9. The molecule has 0 bridgehead atoms. The summed E-state index contributed by atoms with van der Waals surface area (Å²) < 4.78 is 28.8. The van der Waals surface area contributed by atoms with Crippen LogP contribution in [-0.2, 0) is 6.42 Å². The number of nitrogens with one attached hydrogen (secondary N) is 3. The first-order valence-electron chi connectivity index (χ1n) is 10.3. The Labute approximate surface area is 203 Å². The summed E-state index contributed by atoms with van der Waals surface area (Å²) in [5.74, 6) is 0.661. The minimum Gasteiger partial charge on any atom is -0.435 e. The lowest BCUT2D eigenvalue weighted by molar-refractivity contribution is -0.0498. The van der Waals surface area contributed by atoms with Crippen molar-refractivity contribution in [2.75, 3.05) is 19.6 Å². The third-order valence-corrected chi connectivity index (χ3v) is 4.95. The second-order valence-electron chi connectivity index (χ2n) is 7.13. The largest absolute Gasteiger partial charge is 0.435 e. The first-order chi connectivity index (χ1) is 15.0. The number of fused-ring (bicyclic) bond motifs is 1. The van der Waals surface area contributed by atoms with Crippen LogP contribution in [0.2, 0.25) is 0 Å². The van der Waals surface area contributed by atoms with Gasteiger partial charge in [0.2, 0.25) is 0 Å². The van der Waals surface area contributed by atoms with Crippen molar-refractivity contribution in [3.8, 4) is 5.75 Å². The van der Waals surface area contributed by atoms with Crippen molar-refractivity contribution in [2.24, 2.45) is 4.99 Å². The number of rotatable bonds is 9. The lowest BCUT2D eigenvalue weighted by Crippen LogP contribution is -2.38. The van der Waals surface area contributed by atoms with Crippen LogP contribution < -0.4 is 15.4 Å². The van der Waals surface area contributed by atoms with E-state index < -0.39 is 12.7 Å². The molecule has 6 nitrogen and oxygen atoms in total. The topological polar surface area (TPSA) is 81.7 Å². The van der Waals surface area contributed by atoms with Crippen LogP contribution in [0.5, 0.6) is 5.75 Å². The van der Waals surface area contributed by atoms with Gasteiger partial charge in [-0.15, -0.1) is 24.0 Å². The van der Waals surface area contributed by atoms with E-state index in [2.05, 4.69) is 44.4 Å². The van der Waals surface area contributed by atoms with Crippen LogP contribution in [0, 0.1) is 6.92 Å². The number of aromatic amines is 1. The van der Waals surface area contributed by atoms with Gasteiger partial charge in [0.15, 0.2) is 5.96 Å². The number of aliphatic hydroxyl groups excluding tert-OH is 1. The van der Waals surface area contributed by atoms with Gasteiger partial charge in [0.25, 0.3) is 0 Å². The van der Waals surface area contributed by atoms with Crippen LogP contribution in [0.3, 0.4) is 0 Å². The van der Waals surface area contributed by atoms with Gasteiger partial charge in [0.1, 0.15) is 5.75 Å². The van der Waals surface area contributed by atoms with E-state index in [1.54, 1.807) is 12.1 Å². The Hall–Kier alpha value is -2.40. The van der Waals surface area contributed by atoms with E-state index >= 15 is 0 Å². The van der Waals surface area contributed by atoms with Crippen LogP contribution in [-0.4, -0.2) is 42.3 Å². The number of hydrogen-bond acceptors (Lipinski definition) is 3. The molecule has 0 aliphatic carbocycles. The van der Waals surface area contributed by atoms with Crippen LogP contribution in [0.4, 0.5) is 8.78 Å². The Morgan fingerprint density at radius 3 is 2.53 bits per heavy atom. The van der Waals surface area contributed by atoms with Gasteiger partial charge < -0.3 is 25.5 Å². The number of hydrogen-bond donors (Lipinski definition) is 4. The van der Waals surface area contributed by atoms with E-state index in [-0.39, 0.29) is 36.3 Å². The molecule has 0 spiro atoms. The third kappa shape index (κ3) is 7.06. The number of benzene rings is 2. The average molecular weight is 558 g/mol. The second kappa shape index (κ2) is 12.6. The number of para-hydroxylation sites is 1. The summed E-state index contributed by atoms with van der Waals surface area (Å²) in [7, 11) is 0. The van der Waals surface area contributed by atoms with Crippen molar-refractivity contribution in [3.63, 3.8) is 0 Å². The number of guanidine groups is 1. The lowest BCUT2D eigenvalue weighted by Gasteiger charge is -2.14. The van der Waals surface area contributed by atoms with E-state index in [9.17, 15) is 13.9 Å². The highest BCUT2D eigenvalue weighted by atomic mass is 127. The molecule has 4 N–H and O–H groups in total. The number of H-pyrrole nitrogens is 1. The SMILES string of the molecule is CCNC(=NCC(O)c1ccc(OC(F)F)cc1)NCCc1c(C)[nH]c2ccccc12.I. The standard InChI is InChI=1S/C23H28F2N4O2.HI/c1-3-26-23(27-13-12-18-15(2)29-20-7-5-4-6-19(18)20)28-14-21(30)16-8-10-17(11-9-16)31-22(24)25;/h4-11,21-22,29-30H,3,12-14H2,1-2H3,(H2,26,27,28);1H. The molecule has 3 rings (SSSR count). The fourth-order valence-electron chi connectivity index (χ4n) is 3.46. The molecule has 2 aromatic carbocycles. The van der Waals surface area contributed by atoms with E-state index in [4.69, 9.17) is 0 Å². The first-order valence-corrected chi connectivity index (χ1v) is 10.3. The number of aryl methyl sites for hydroxylation is 1. The molecule has 0 radical (unpaired) electrons. The van der Waals surface area contributed by atoms with Crippen molar-refractivity contribution >= 4 is 40.8 Å². The molecular weight excluding hydrogens is 529 g/mol. The molecule has 32 heavy (non-hydrogen) atoms. The van der Waals surface area contributed by atoms with Gasteiger partial charge in [-0.25, -0.2) is 0 Å². The zero-order valence-electron chi connectivity index (χ0n) is 18.1. The minimum atomic E-state index is -2.87. The Morgan fingerprint density at radius 1 is 1.12 bits per heavy atom. The fraction of sp³-hybridized carbons (Fsp3) is 0.348. The van der Waals surface area contributed by atoms with E-state index in [1.165, 1.54) is 23.1 Å². The molecule has 1 unspecified atom stereocenters. The highest BCUT2D eigenvalue weighted by molar-refractivity contribution is 14.0. The summed E-state index contributed by atoms with van der Waals surface area (Å²) in [5, 5.41) is 18.1. The predicted octanol–water partition coefficient (Wildman–Crippen LogP) is 4.53. The molecule has 0 saturated heterocycles. The molecule has 0 aliphatic rings. The van der Waals surface area contributed by atoms with E-state index in [0.29, 0.717) is 24.6 Å². The number of aliphatic hydroxyl groups is 1. The van der Waals surface area contributed by atoms with Crippen LogP contribution in [0.25, 0.3) is 10.9 Å². The number of aliphatic imine (C=N–C) groups is 1. The maximum absolute atomic E-state index is 12.2. The summed E-state index contributed by atoms with van der Waals surface area (Å²) in [6.45, 7) is 2.68. The number of nitrogens with zero attached hydrogens (tertiary/aromatic N) is 1. The molecule has 0 fully saturated rings. The number of alkyl halides is 2. The van der Waals surface area contributed by atoms with Gasteiger partial charge in [-0.3, -0.25) is 4.99 Å². The van der Waals surface area contributed by atoms with Crippen LogP contribution in [0.15, 0.2) is 53.5 Å². The molecular formula is C23H29F2IN4O2. The quantitative estimate of drug-likeness (QED) is 0.177. The van der Waals surface area contributed by atoms with Gasteiger partial charge in [-0.05, 0) is 49.6 Å². The zero-order valence-corrected chi connectivity index (χ0v) is 20.4. The molecule has 1 aromatic heterocycles. The Bertz CT molecular complexity index is 1010. The number of aromatic nitrogens is 1. The number of halogens is 3. The second-order valence-corrected chi connectivity index (χ2v) is 7.13. The summed E-state index contributed by atoms with van der Waals surface area (Å²) in [4.78, 5) is 7.86.